The first-order valence-corrected chi connectivity index (χ1v) is 7.51. The molecule has 2 aromatic rings. The molecule has 0 unspecified atom stereocenters. The molecule has 0 fully saturated rings. The van der Waals surface area contributed by atoms with Crippen LogP contribution in [0.2, 0.25) is 5.02 Å². The van der Waals surface area contributed by atoms with Gasteiger partial charge in [0.25, 0.3) is 11.8 Å². The number of hydrogen-bond acceptors (Lipinski definition) is 6. The van der Waals surface area contributed by atoms with Crippen LogP contribution in [0.25, 0.3) is 0 Å². The van der Waals surface area contributed by atoms with Gasteiger partial charge in [-0.1, -0.05) is 28.8 Å². The van der Waals surface area contributed by atoms with Gasteiger partial charge in [-0.05, 0) is 30.3 Å². The molecule has 1 aliphatic heterocycles. The summed E-state index contributed by atoms with van der Waals surface area (Å²) in [4.78, 5) is 52.6. The molecular formula is C17H8ClN3O5. The highest BCUT2D eigenvalue weighted by molar-refractivity contribution is 6.38. The molecular weight excluding hydrogens is 362 g/mol. The summed E-state index contributed by atoms with van der Waals surface area (Å²) < 4.78 is 0. The van der Waals surface area contributed by atoms with Crippen molar-refractivity contribution in [3.05, 3.63) is 64.2 Å². The minimum absolute atomic E-state index is 0.0737. The SMILES string of the molecule is N#Cc1ccc(NC(=O)C(=O)ON2C(=O)c3ccccc3C2=O)cc1Cl. The Balaban J connectivity index is 1.70. The van der Waals surface area contributed by atoms with Gasteiger partial charge >= 0.3 is 11.9 Å². The number of carbonyl (C=O) groups excluding carboxylic acids is 4. The van der Waals surface area contributed by atoms with Crippen molar-refractivity contribution in [1.29, 1.82) is 5.26 Å². The predicted octanol–water partition coefficient (Wildman–Crippen LogP) is 1.90. The fourth-order valence-corrected chi connectivity index (χ4v) is 2.46. The summed E-state index contributed by atoms with van der Waals surface area (Å²) in [5, 5.41) is 11.3. The summed E-state index contributed by atoms with van der Waals surface area (Å²) in [6.45, 7) is 0. The maximum atomic E-state index is 12.1. The Hall–Kier alpha value is -3.70. The molecule has 0 aliphatic carbocycles. The molecule has 9 heteroatoms. The van der Waals surface area contributed by atoms with Crippen molar-refractivity contribution in [3.8, 4) is 6.07 Å². The van der Waals surface area contributed by atoms with Crippen LogP contribution < -0.4 is 5.32 Å². The molecule has 128 valence electrons. The van der Waals surface area contributed by atoms with Gasteiger partial charge in [0, 0.05) is 5.69 Å². The second kappa shape index (κ2) is 6.66. The highest BCUT2D eigenvalue weighted by atomic mass is 35.5. The molecule has 0 aromatic heterocycles. The third-order valence-corrected chi connectivity index (χ3v) is 3.78. The number of nitrogens with one attached hydrogen (secondary N) is 1. The first-order chi connectivity index (χ1) is 12.4. The van der Waals surface area contributed by atoms with Crippen LogP contribution >= 0.6 is 11.6 Å². The highest BCUT2D eigenvalue weighted by Gasteiger charge is 2.39. The van der Waals surface area contributed by atoms with Gasteiger partial charge < -0.3 is 10.2 Å². The van der Waals surface area contributed by atoms with Gasteiger partial charge in [-0.2, -0.15) is 5.26 Å². The van der Waals surface area contributed by atoms with E-state index in [2.05, 4.69) is 10.2 Å². The van der Waals surface area contributed by atoms with Crippen molar-refractivity contribution in [2.75, 3.05) is 5.32 Å². The molecule has 2 aromatic carbocycles. The number of amides is 3. The molecule has 1 aliphatic rings. The van der Waals surface area contributed by atoms with Gasteiger partial charge in [0.05, 0.1) is 21.7 Å². The number of nitriles is 1. The summed E-state index contributed by atoms with van der Waals surface area (Å²) in [6.07, 6.45) is 0. The number of fused-ring (bicyclic) bond motifs is 1. The van der Waals surface area contributed by atoms with Crippen LogP contribution in [0.3, 0.4) is 0 Å². The summed E-state index contributed by atoms with van der Waals surface area (Å²) in [5.74, 6) is -4.36. The molecule has 1 heterocycles. The molecule has 0 atom stereocenters. The highest BCUT2D eigenvalue weighted by Crippen LogP contribution is 2.23. The smallest absolute Gasteiger partial charge is 0.320 e. The third kappa shape index (κ3) is 2.99. The molecule has 0 saturated heterocycles. The molecule has 0 spiro atoms. The molecule has 1 N–H and O–H groups in total. The van der Waals surface area contributed by atoms with Crippen molar-refractivity contribution >= 4 is 41.0 Å². The van der Waals surface area contributed by atoms with E-state index in [-0.39, 0.29) is 32.5 Å². The van der Waals surface area contributed by atoms with Gasteiger partial charge in [-0.3, -0.25) is 14.4 Å². The van der Waals surface area contributed by atoms with E-state index in [4.69, 9.17) is 16.9 Å². The third-order valence-electron chi connectivity index (χ3n) is 3.46. The lowest BCUT2D eigenvalue weighted by molar-refractivity contribution is -0.172. The Morgan fingerprint density at radius 2 is 1.69 bits per heavy atom. The van der Waals surface area contributed by atoms with E-state index in [9.17, 15) is 19.2 Å². The topological polar surface area (TPSA) is 117 Å². The number of halogens is 1. The van der Waals surface area contributed by atoms with Gasteiger partial charge in [-0.25, -0.2) is 4.79 Å². The molecule has 0 saturated carbocycles. The van der Waals surface area contributed by atoms with Crippen LogP contribution in [-0.2, 0) is 14.4 Å². The standard InChI is InChI=1S/C17H8ClN3O5/c18-13-7-10(6-5-9(13)8-19)20-14(22)17(25)26-21-15(23)11-3-1-2-4-12(11)16(21)24/h1-7H,(H,20,22). The zero-order valence-corrected chi connectivity index (χ0v) is 13.6. The first-order valence-electron chi connectivity index (χ1n) is 7.13. The lowest BCUT2D eigenvalue weighted by atomic mass is 10.1. The average molecular weight is 370 g/mol. The van der Waals surface area contributed by atoms with Gasteiger partial charge in [0.2, 0.25) is 0 Å². The van der Waals surface area contributed by atoms with Crippen molar-refractivity contribution in [3.63, 3.8) is 0 Å². The quantitative estimate of drug-likeness (QED) is 0.638. The molecule has 26 heavy (non-hydrogen) atoms. The molecule has 3 rings (SSSR count). The number of imide groups is 1. The average Bonchev–Trinajstić information content (AvgIpc) is 2.87. The lowest BCUT2D eigenvalue weighted by Crippen LogP contribution is -2.37. The number of benzene rings is 2. The van der Waals surface area contributed by atoms with E-state index in [0.717, 1.165) is 0 Å². The van der Waals surface area contributed by atoms with E-state index in [1.54, 1.807) is 12.1 Å². The Morgan fingerprint density at radius 1 is 1.08 bits per heavy atom. The van der Waals surface area contributed by atoms with E-state index in [0.29, 0.717) is 0 Å². The van der Waals surface area contributed by atoms with E-state index in [1.807, 2.05) is 6.07 Å². The van der Waals surface area contributed by atoms with Gasteiger partial charge in [0.1, 0.15) is 6.07 Å². The Bertz CT molecular complexity index is 977. The van der Waals surface area contributed by atoms with Gasteiger partial charge in [0.15, 0.2) is 0 Å². The monoisotopic (exact) mass is 369 g/mol. The van der Waals surface area contributed by atoms with Crippen LogP contribution in [-0.4, -0.2) is 28.8 Å². The Morgan fingerprint density at radius 3 is 2.23 bits per heavy atom. The Labute approximate surface area is 151 Å². The summed E-state index contributed by atoms with van der Waals surface area (Å²) in [6, 6.07) is 11.7. The zero-order valence-electron chi connectivity index (χ0n) is 12.9. The van der Waals surface area contributed by atoms with E-state index in [1.165, 1.54) is 30.3 Å². The van der Waals surface area contributed by atoms with Crippen LogP contribution in [0.4, 0.5) is 5.69 Å². The summed E-state index contributed by atoms with van der Waals surface area (Å²) >= 11 is 5.83. The minimum Gasteiger partial charge on any atom is -0.320 e. The number of anilines is 1. The fourth-order valence-electron chi connectivity index (χ4n) is 2.24. The number of carbonyl (C=O) groups is 4. The normalized spacial score (nSPS) is 12.4. The zero-order chi connectivity index (χ0) is 18.8. The Kier molecular flexibility index (Phi) is 4.39. The molecule has 8 nitrogen and oxygen atoms in total. The number of hydroxylamine groups is 2. The van der Waals surface area contributed by atoms with Crippen LogP contribution in [0.1, 0.15) is 26.3 Å². The predicted molar refractivity (Wildman–Crippen MR) is 87.8 cm³/mol. The first kappa shape index (κ1) is 17.1. The van der Waals surface area contributed by atoms with Crippen molar-refractivity contribution in [2.24, 2.45) is 0 Å². The lowest BCUT2D eigenvalue weighted by Gasteiger charge is -2.12. The summed E-state index contributed by atoms with van der Waals surface area (Å²) in [7, 11) is 0. The van der Waals surface area contributed by atoms with Crippen molar-refractivity contribution in [2.45, 2.75) is 0 Å². The number of hydrogen-bond donors (Lipinski definition) is 1. The molecule has 0 bridgehead atoms. The maximum absolute atomic E-state index is 12.1. The van der Waals surface area contributed by atoms with E-state index >= 15 is 0 Å². The summed E-state index contributed by atoms with van der Waals surface area (Å²) in [5.41, 5.74) is 0.478. The van der Waals surface area contributed by atoms with Crippen molar-refractivity contribution in [1.82, 2.24) is 5.06 Å². The van der Waals surface area contributed by atoms with Crippen LogP contribution in [0.15, 0.2) is 42.5 Å². The largest absolute Gasteiger partial charge is 0.421 e. The van der Waals surface area contributed by atoms with Crippen LogP contribution in [0.5, 0.6) is 0 Å². The van der Waals surface area contributed by atoms with Crippen LogP contribution in [0, 0.1) is 11.3 Å². The molecule has 3 amide bonds. The van der Waals surface area contributed by atoms with Crippen molar-refractivity contribution < 1.29 is 24.0 Å². The fraction of sp³-hybridized carbons (Fsp3) is 0. The minimum atomic E-state index is -1.46. The van der Waals surface area contributed by atoms with Gasteiger partial charge in [-0.15, -0.1) is 0 Å². The maximum Gasteiger partial charge on any atom is 0.421 e. The number of nitrogens with zero attached hydrogens (tertiary/aromatic N) is 2. The second-order valence-electron chi connectivity index (χ2n) is 5.09. The number of rotatable bonds is 2. The van der Waals surface area contributed by atoms with E-state index < -0.39 is 23.7 Å². The molecule has 0 radical (unpaired) electrons. The second-order valence-corrected chi connectivity index (χ2v) is 5.50.